The molecule has 180 valence electrons. The van der Waals surface area contributed by atoms with Crippen LogP contribution in [-0.4, -0.2) is 85.1 Å². The normalized spacial score (nSPS) is 19.8. The van der Waals surface area contributed by atoms with E-state index in [0.717, 1.165) is 44.6 Å². The lowest BCUT2D eigenvalue weighted by atomic mass is 9.99. The van der Waals surface area contributed by atoms with E-state index in [0.29, 0.717) is 6.04 Å². The second kappa shape index (κ2) is 12.5. The Hall–Kier alpha value is -1.95. The highest BCUT2D eigenvalue weighted by Gasteiger charge is 2.29. The summed E-state index contributed by atoms with van der Waals surface area (Å²) in [5.41, 5.74) is 1.46. The highest BCUT2D eigenvalue weighted by Crippen LogP contribution is 2.26. The SMILES string of the molecule is CCCCCN(C)C1CCN(CC(c2ccccc2)N2CCN(c3ccccn3)CC2)CC1. The molecule has 2 aliphatic heterocycles. The molecule has 4 rings (SSSR count). The van der Waals surface area contributed by atoms with Gasteiger partial charge in [-0.1, -0.05) is 56.2 Å². The lowest BCUT2D eigenvalue weighted by molar-refractivity contribution is 0.0871. The molecule has 0 aliphatic carbocycles. The van der Waals surface area contributed by atoms with Crippen molar-refractivity contribution in [2.45, 2.75) is 51.1 Å². The molecule has 2 aliphatic rings. The molecule has 33 heavy (non-hydrogen) atoms. The zero-order chi connectivity index (χ0) is 22.9. The van der Waals surface area contributed by atoms with E-state index in [1.807, 2.05) is 12.3 Å². The first kappa shape index (κ1) is 24.2. The van der Waals surface area contributed by atoms with Gasteiger partial charge in [-0.2, -0.15) is 0 Å². The van der Waals surface area contributed by atoms with E-state index in [9.17, 15) is 0 Å². The number of nitrogens with zero attached hydrogens (tertiary/aromatic N) is 5. The number of anilines is 1. The molecular weight excluding hydrogens is 406 g/mol. The van der Waals surface area contributed by atoms with Gasteiger partial charge in [-0.3, -0.25) is 4.90 Å². The number of likely N-dealkylation sites (tertiary alicyclic amines) is 1. The monoisotopic (exact) mass is 449 g/mol. The van der Waals surface area contributed by atoms with Gasteiger partial charge in [0.15, 0.2) is 0 Å². The molecule has 2 saturated heterocycles. The number of piperazine rings is 1. The van der Waals surface area contributed by atoms with Crippen molar-refractivity contribution in [3.8, 4) is 0 Å². The van der Waals surface area contributed by atoms with Crippen LogP contribution in [0.5, 0.6) is 0 Å². The summed E-state index contributed by atoms with van der Waals surface area (Å²) < 4.78 is 0. The van der Waals surface area contributed by atoms with Crippen LogP contribution in [0.15, 0.2) is 54.7 Å². The van der Waals surface area contributed by atoms with Crippen LogP contribution < -0.4 is 4.90 Å². The molecule has 1 atom stereocenters. The summed E-state index contributed by atoms with van der Waals surface area (Å²) in [6.07, 6.45) is 8.51. The number of rotatable bonds is 10. The summed E-state index contributed by atoms with van der Waals surface area (Å²) in [6, 6.07) is 18.6. The van der Waals surface area contributed by atoms with E-state index in [-0.39, 0.29) is 0 Å². The largest absolute Gasteiger partial charge is 0.354 e. The lowest BCUT2D eigenvalue weighted by Crippen LogP contribution is -2.51. The van der Waals surface area contributed by atoms with Crippen molar-refractivity contribution >= 4 is 5.82 Å². The third kappa shape index (κ3) is 6.78. The van der Waals surface area contributed by atoms with Gasteiger partial charge >= 0.3 is 0 Å². The highest BCUT2D eigenvalue weighted by molar-refractivity contribution is 5.38. The van der Waals surface area contributed by atoms with Gasteiger partial charge < -0.3 is 14.7 Å². The molecule has 2 fully saturated rings. The second-order valence-electron chi connectivity index (χ2n) is 9.86. The van der Waals surface area contributed by atoms with Crippen LogP contribution in [0, 0.1) is 0 Å². The van der Waals surface area contributed by atoms with Gasteiger partial charge in [-0.05, 0) is 63.6 Å². The maximum atomic E-state index is 4.56. The second-order valence-corrected chi connectivity index (χ2v) is 9.86. The molecule has 0 amide bonds. The van der Waals surface area contributed by atoms with Gasteiger partial charge in [0.2, 0.25) is 0 Å². The predicted octanol–water partition coefficient (Wildman–Crippen LogP) is 4.53. The van der Waals surface area contributed by atoms with Crippen LogP contribution in [-0.2, 0) is 0 Å². The molecule has 0 N–H and O–H groups in total. The van der Waals surface area contributed by atoms with Crippen LogP contribution in [0.25, 0.3) is 0 Å². The summed E-state index contributed by atoms with van der Waals surface area (Å²) in [5.74, 6) is 1.11. The summed E-state index contributed by atoms with van der Waals surface area (Å²) in [5, 5.41) is 0. The standard InChI is InChI=1S/C28H43N5/c1-3-4-10-17-30(2)26-14-18-31(19-15-26)24-27(25-11-6-5-7-12-25)32-20-22-33(23-21-32)28-13-8-9-16-29-28/h5-9,11-13,16,26-27H,3-4,10,14-15,17-24H2,1-2H3. The third-order valence-corrected chi connectivity index (χ3v) is 7.64. The number of unbranched alkanes of at least 4 members (excludes halogenated alkanes) is 2. The molecule has 0 spiro atoms. The maximum absolute atomic E-state index is 4.56. The van der Waals surface area contributed by atoms with Crippen LogP contribution in [0.1, 0.15) is 50.6 Å². The van der Waals surface area contributed by atoms with Gasteiger partial charge in [-0.25, -0.2) is 4.98 Å². The Kier molecular flexibility index (Phi) is 9.16. The first-order chi connectivity index (χ1) is 16.2. The number of hydrogen-bond acceptors (Lipinski definition) is 5. The molecule has 1 aromatic heterocycles. The van der Waals surface area contributed by atoms with Crippen molar-refractivity contribution in [1.29, 1.82) is 0 Å². The summed E-state index contributed by atoms with van der Waals surface area (Å²) >= 11 is 0. The Labute approximate surface area is 201 Å². The number of pyridine rings is 1. The van der Waals surface area contributed by atoms with Crippen molar-refractivity contribution in [1.82, 2.24) is 19.7 Å². The van der Waals surface area contributed by atoms with Crippen LogP contribution in [0.4, 0.5) is 5.82 Å². The molecule has 0 radical (unpaired) electrons. The fourth-order valence-corrected chi connectivity index (χ4v) is 5.49. The van der Waals surface area contributed by atoms with Crippen molar-refractivity contribution in [2.24, 2.45) is 0 Å². The zero-order valence-electron chi connectivity index (χ0n) is 20.8. The number of piperidine rings is 1. The average molecular weight is 450 g/mol. The van der Waals surface area contributed by atoms with E-state index >= 15 is 0 Å². The van der Waals surface area contributed by atoms with E-state index in [1.54, 1.807) is 0 Å². The molecule has 1 aromatic carbocycles. The van der Waals surface area contributed by atoms with Crippen LogP contribution >= 0.6 is 0 Å². The van der Waals surface area contributed by atoms with Gasteiger partial charge in [0.05, 0.1) is 0 Å². The Morgan fingerprint density at radius 2 is 1.64 bits per heavy atom. The minimum atomic E-state index is 0.468. The van der Waals surface area contributed by atoms with E-state index < -0.39 is 0 Å². The Balaban J connectivity index is 1.33. The first-order valence-electron chi connectivity index (χ1n) is 13.1. The minimum Gasteiger partial charge on any atom is -0.354 e. The third-order valence-electron chi connectivity index (χ3n) is 7.64. The quantitative estimate of drug-likeness (QED) is 0.497. The van der Waals surface area contributed by atoms with Gasteiger partial charge in [0.1, 0.15) is 5.82 Å². The van der Waals surface area contributed by atoms with E-state index in [2.05, 4.69) is 81.0 Å². The van der Waals surface area contributed by atoms with Gasteiger partial charge in [0, 0.05) is 51.0 Å². The van der Waals surface area contributed by atoms with Gasteiger partial charge in [0.25, 0.3) is 0 Å². The van der Waals surface area contributed by atoms with Gasteiger partial charge in [-0.15, -0.1) is 0 Å². The summed E-state index contributed by atoms with van der Waals surface area (Å²) in [6.45, 7) is 11.4. The van der Waals surface area contributed by atoms with E-state index in [4.69, 9.17) is 0 Å². The number of benzene rings is 1. The average Bonchev–Trinajstić information content (AvgIpc) is 2.89. The van der Waals surface area contributed by atoms with Crippen molar-refractivity contribution in [2.75, 3.05) is 64.3 Å². The fourth-order valence-electron chi connectivity index (χ4n) is 5.49. The van der Waals surface area contributed by atoms with Crippen molar-refractivity contribution < 1.29 is 0 Å². The first-order valence-corrected chi connectivity index (χ1v) is 13.1. The topological polar surface area (TPSA) is 25.9 Å². The molecule has 0 saturated carbocycles. The molecule has 5 nitrogen and oxygen atoms in total. The van der Waals surface area contributed by atoms with Crippen LogP contribution in [0.3, 0.4) is 0 Å². The Morgan fingerprint density at radius 1 is 0.909 bits per heavy atom. The summed E-state index contributed by atoms with van der Waals surface area (Å²) in [4.78, 5) is 15.0. The Bertz CT molecular complexity index is 782. The predicted molar refractivity (Wildman–Crippen MR) is 139 cm³/mol. The zero-order valence-corrected chi connectivity index (χ0v) is 20.8. The number of hydrogen-bond donors (Lipinski definition) is 0. The molecule has 5 heteroatoms. The van der Waals surface area contributed by atoms with Crippen LogP contribution in [0.2, 0.25) is 0 Å². The fraction of sp³-hybridized carbons (Fsp3) is 0.607. The van der Waals surface area contributed by atoms with Crippen molar-refractivity contribution in [3.63, 3.8) is 0 Å². The molecule has 2 aromatic rings. The van der Waals surface area contributed by atoms with Crippen molar-refractivity contribution in [3.05, 3.63) is 60.3 Å². The smallest absolute Gasteiger partial charge is 0.128 e. The molecular formula is C28H43N5. The highest BCUT2D eigenvalue weighted by atomic mass is 15.3. The lowest BCUT2D eigenvalue weighted by Gasteiger charge is -2.43. The number of aromatic nitrogens is 1. The molecule has 3 heterocycles. The van der Waals surface area contributed by atoms with E-state index in [1.165, 1.54) is 57.3 Å². The Morgan fingerprint density at radius 3 is 2.30 bits per heavy atom. The summed E-state index contributed by atoms with van der Waals surface area (Å²) in [7, 11) is 2.34. The maximum Gasteiger partial charge on any atom is 0.128 e. The minimum absolute atomic E-state index is 0.468. The molecule has 0 bridgehead atoms. The molecule has 1 unspecified atom stereocenters.